The van der Waals surface area contributed by atoms with Gasteiger partial charge in [0.25, 0.3) is 11.4 Å². The van der Waals surface area contributed by atoms with Gasteiger partial charge >= 0.3 is 0 Å². The van der Waals surface area contributed by atoms with Gasteiger partial charge in [0.1, 0.15) is 12.1 Å². The van der Waals surface area contributed by atoms with Crippen molar-refractivity contribution >= 4 is 11.6 Å². The highest BCUT2D eigenvalue weighted by Gasteiger charge is 2.17. The molecule has 0 radical (unpaired) electrons. The summed E-state index contributed by atoms with van der Waals surface area (Å²) in [5.41, 5.74) is 5.56. The maximum Gasteiger partial charge on any atom is 0.263 e. The van der Waals surface area contributed by atoms with Crippen LogP contribution in [0.2, 0.25) is 0 Å². The first kappa shape index (κ1) is 21.2. The minimum Gasteiger partial charge on any atom is -0.333 e. The number of carbonyl (C=O) groups excluding carboxylic acids is 1. The van der Waals surface area contributed by atoms with Crippen LogP contribution in [0.25, 0.3) is 22.8 Å². The zero-order chi connectivity index (χ0) is 22.8. The van der Waals surface area contributed by atoms with Crippen molar-refractivity contribution in [3.63, 3.8) is 0 Å². The normalized spacial score (nSPS) is 10.9. The van der Waals surface area contributed by atoms with E-state index in [1.807, 2.05) is 64.1 Å². The molecule has 2 aromatic heterocycles. The number of carbonyl (C=O) groups is 1. The molecule has 2 aromatic carbocycles. The lowest BCUT2D eigenvalue weighted by molar-refractivity contribution is -0.116. The fourth-order valence-corrected chi connectivity index (χ4v) is 3.80. The molecule has 0 saturated heterocycles. The van der Waals surface area contributed by atoms with Gasteiger partial charge in [0.15, 0.2) is 0 Å². The van der Waals surface area contributed by atoms with Gasteiger partial charge in [0.2, 0.25) is 11.7 Å². The van der Waals surface area contributed by atoms with Gasteiger partial charge in [-0.25, -0.2) is 0 Å². The molecule has 7 nitrogen and oxygen atoms in total. The summed E-state index contributed by atoms with van der Waals surface area (Å²) in [4.78, 5) is 30.1. The molecule has 0 saturated carbocycles. The monoisotopic (exact) mass is 428 g/mol. The van der Waals surface area contributed by atoms with Crippen molar-refractivity contribution in [1.29, 1.82) is 0 Å². The van der Waals surface area contributed by atoms with E-state index in [9.17, 15) is 9.59 Å². The highest BCUT2D eigenvalue weighted by Crippen LogP contribution is 2.23. The van der Waals surface area contributed by atoms with Gasteiger partial charge in [0, 0.05) is 17.4 Å². The van der Waals surface area contributed by atoms with Crippen molar-refractivity contribution in [2.75, 3.05) is 5.32 Å². The highest BCUT2D eigenvalue weighted by atomic mass is 16.5. The number of benzene rings is 2. The Hall–Kier alpha value is -4.00. The standard InChI is InChI=1S/C25H24N4O3/c1-15-12-17(3)22(18(4)13-15)26-21(30)14-29-11-7-10-20(25(29)31)24-27-23(28-32-24)19-9-6-5-8-16(19)2/h5-13H,14H2,1-4H3,(H,26,30). The first-order valence-corrected chi connectivity index (χ1v) is 10.3. The van der Waals surface area contributed by atoms with Crippen LogP contribution in [-0.2, 0) is 11.3 Å². The maximum atomic E-state index is 13.0. The van der Waals surface area contributed by atoms with Gasteiger partial charge in [0.05, 0.1) is 0 Å². The Balaban J connectivity index is 1.58. The Morgan fingerprint density at radius 2 is 1.66 bits per heavy atom. The quantitative estimate of drug-likeness (QED) is 0.508. The zero-order valence-electron chi connectivity index (χ0n) is 18.5. The summed E-state index contributed by atoms with van der Waals surface area (Å²) < 4.78 is 6.70. The molecule has 1 N–H and O–H groups in total. The number of aromatic nitrogens is 3. The second kappa shape index (κ2) is 8.63. The van der Waals surface area contributed by atoms with Crippen molar-refractivity contribution in [3.05, 3.63) is 87.3 Å². The number of nitrogens with zero attached hydrogens (tertiary/aromatic N) is 3. The molecular formula is C25H24N4O3. The molecule has 2 heterocycles. The van der Waals surface area contributed by atoms with Crippen LogP contribution in [0.1, 0.15) is 22.3 Å². The molecule has 0 fully saturated rings. The Labute approximate surface area is 185 Å². The van der Waals surface area contributed by atoms with Crippen LogP contribution < -0.4 is 10.9 Å². The Bertz CT molecular complexity index is 1340. The fourth-order valence-electron chi connectivity index (χ4n) is 3.80. The van der Waals surface area contributed by atoms with Crippen LogP contribution in [0, 0.1) is 27.7 Å². The average Bonchev–Trinajstić information content (AvgIpc) is 3.22. The number of hydrogen-bond acceptors (Lipinski definition) is 5. The van der Waals surface area contributed by atoms with E-state index in [-0.39, 0.29) is 29.5 Å². The third-order valence-corrected chi connectivity index (χ3v) is 5.32. The third-order valence-electron chi connectivity index (χ3n) is 5.32. The first-order chi connectivity index (χ1) is 15.3. The number of anilines is 1. The predicted octanol–water partition coefficient (Wildman–Crippen LogP) is 4.44. The zero-order valence-corrected chi connectivity index (χ0v) is 18.5. The lowest BCUT2D eigenvalue weighted by Crippen LogP contribution is -2.28. The van der Waals surface area contributed by atoms with Gasteiger partial charge in [-0.1, -0.05) is 47.1 Å². The number of pyridine rings is 1. The number of hydrogen-bond donors (Lipinski definition) is 1. The lowest BCUT2D eigenvalue weighted by atomic mass is 10.1. The summed E-state index contributed by atoms with van der Waals surface area (Å²) in [7, 11) is 0. The van der Waals surface area contributed by atoms with Crippen LogP contribution in [0.3, 0.4) is 0 Å². The van der Waals surface area contributed by atoms with E-state index in [0.717, 1.165) is 33.5 Å². The number of rotatable bonds is 5. The highest BCUT2D eigenvalue weighted by molar-refractivity contribution is 5.92. The SMILES string of the molecule is Cc1cc(C)c(NC(=O)Cn2cccc(-c3nc(-c4ccccc4C)no3)c2=O)c(C)c1. The second-order valence-electron chi connectivity index (χ2n) is 7.91. The molecule has 4 aromatic rings. The predicted molar refractivity (Wildman–Crippen MR) is 123 cm³/mol. The summed E-state index contributed by atoms with van der Waals surface area (Å²) >= 11 is 0. The minimum absolute atomic E-state index is 0.119. The van der Waals surface area contributed by atoms with E-state index >= 15 is 0 Å². The van der Waals surface area contributed by atoms with E-state index in [1.165, 1.54) is 4.57 Å². The van der Waals surface area contributed by atoms with Crippen LogP contribution in [0.15, 0.2) is 64.0 Å². The topological polar surface area (TPSA) is 90.0 Å². The summed E-state index contributed by atoms with van der Waals surface area (Å²) in [6.07, 6.45) is 1.57. The Morgan fingerprint density at radius 3 is 2.38 bits per heavy atom. The van der Waals surface area contributed by atoms with Crippen molar-refractivity contribution in [1.82, 2.24) is 14.7 Å². The van der Waals surface area contributed by atoms with Crippen molar-refractivity contribution in [2.45, 2.75) is 34.2 Å². The minimum atomic E-state index is -0.375. The van der Waals surface area contributed by atoms with Gasteiger partial charge in [-0.15, -0.1) is 0 Å². The van der Waals surface area contributed by atoms with Crippen molar-refractivity contribution in [3.8, 4) is 22.8 Å². The second-order valence-corrected chi connectivity index (χ2v) is 7.91. The smallest absolute Gasteiger partial charge is 0.263 e. The van der Waals surface area contributed by atoms with E-state index in [4.69, 9.17) is 4.52 Å². The molecule has 0 bridgehead atoms. The molecule has 0 atom stereocenters. The molecule has 0 unspecified atom stereocenters. The fraction of sp³-hybridized carbons (Fsp3) is 0.200. The summed E-state index contributed by atoms with van der Waals surface area (Å²) in [6.45, 7) is 7.74. The molecule has 4 rings (SSSR count). The first-order valence-electron chi connectivity index (χ1n) is 10.3. The van der Waals surface area contributed by atoms with Gasteiger partial charge in [-0.2, -0.15) is 4.98 Å². The van der Waals surface area contributed by atoms with Gasteiger partial charge in [-0.3, -0.25) is 9.59 Å². The summed E-state index contributed by atoms with van der Waals surface area (Å²) in [5, 5.41) is 6.95. The van der Waals surface area contributed by atoms with Crippen LogP contribution in [-0.4, -0.2) is 20.6 Å². The van der Waals surface area contributed by atoms with Crippen molar-refractivity contribution in [2.24, 2.45) is 0 Å². The van der Waals surface area contributed by atoms with Gasteiger partial charge < -0.3 is 14.4 Å². The van der Waals surface area contributed by atoms with Gasteiger partial charge in [-0.05, 0) is 56.5 Å². The molecule has 7 heteroatoms. The molecule has 0 aliphatic carbocycles. The molecular weight excluding hydrogens is 404 g/mol. The number of nitrogens with one attached hydrogen (secondary N) is 1. The summed E-state index contributed by atoms with van der Waals surface area (Å²) in [5.74, 6) is 0.245. The van der Waals surface area contributed by atoms with E-state index in [1.54, 1.807) is 18.3 Å². The number of amides is 1. The molecule has 32 heavy (non-hydrogen) atoms. The average molecular weight is 428 g/mol. The molecule has 1 amide bonds. The summed E-state index contributed by atoms with van der Waals surface area (Å²) in [6, 6.07) is 15.0. The van der Waals surface area contributed by atoms with Crippen LogP contribution in [0.5, 0.6) is 0 Å². The van der Waals surface area contributed by atoms with Crippen LogP contribution in [0.4, 0.5) is 5.69 Å². The van der Waals surface area contributed by atoms with E-state index < -0.39 is 0 Å². The third kappa shape index (κ3) is 4.23. The molecule has 162 valence electrons. The molecule has 0 spiro atoms. The number of aryl methyl sites for hydroxylation is 4. The Morgan fingerprint density at radius 1 is 0.969 bits per heavy atom. The Kier molecular flexibility index (Phi) is 5.73. The van der Waals surface area contributed by atoms with E-state index in [2.05, 4.69) is 15.5 Å². The van der Waals surface area contributed by atoms with Crippen molar-refractivity contribution < 1.29 is 9.32 Å². The van der Waals surface area contributed by atoms with Crippen LogP contribution >= 0.6 is 0 Å². The van der Waals surface area contributed by atoms with E-state index in [0.29, 0.717) is 5.82 Å². The molecule has 0 aliphatic heterocycles. The largest absolute Gasteiger partial charge is 0.333 e. The maximum absolute atomic E-state index is 13.0. The molecule has 0 aliphatic rings. The lowest BCUT2D eigenvalue weighted by Gasteiger charge is -2.13.